The number of fused-ring (bicyclic) bond motifs is 5. The number of nitrogens with one attached hydrogen (secondary N) is 2. The molecule has 4 heteroatoms. The van der Waals surface area contributed by atoms with Gasteiger partial charge in [-0.05, 0) is 74.5 Å². The first-order valence-corrected chi connectivity index (χ1v) is 9.50. The van der Waals surface area contributed by atoms with Gasteiger partial charge in [-0.3, -0.25) is 9.59 Å². The van der Waals surface area contributed by atoms with E-state index in [-0.39, 0.29) is 17.4 Å². The number of hydrogen-bond donors (Lipinski definition) is 2. The highest BCUT2D eigenvalue weighted by Gasteiger charge is 2.57. The van der Waals surface area contributed by atoms with Crippen LogP contribution in [0.5, 0.6) is 0 Å². The van der Waals surface area contributed by atoms with Gasteiger partial charge in [-0.25, -0.2) is 0 Å². The number of rotatable bonds is 0. The fourth-order valence-corrected chi connectivity index (χ4v) is 6.70. The van der Waals surface area contributed by atoms with Gasteiger partial charge in [-0.15, -0.1) is 0 Å². The third-order valence-electron chi connectivity index (χ3n) is 7.98. The number of piperidine rings is 1. The topological polar surface area (TPSA) is 58.2 Å². The molecule has 0 unspecified atom stereocenters. The zero-order valence-electron chi connectivity index (χ0n) is 14.5. The van der Waals surface area contributed by atoms with Crippen molar-refractivity contribution in [3.8, 4) is 0 Å². The summed E-state index contributed by atoms with van der Waals surface area (Å²) >= 11 is 0. The van der Waals surface area contributed by atoms with Gasteiger partial charge in [0.2, 0.25) is 11.8 Å². The van der Waals surface area contributed by atoms with E-state index < -0.39 is 0 Å². The largest absolute Gasteiger partial charge is 0.356 e. The van der Waals surface area contributed by atoms with E-state index in [1.54, 1.807) is 0 Å². The van der Waals surface area contributed by atoms with Crippen molar-refractivity contribution in [2.75, 3.05) is 6.54 Å². The maximum Gasteiger partial charge on any atom is 0.220 e. The molecule has 0 aromatic carbocycles. The van der Waals surface area contributed by atoms with E-state index in [0.29, 0.717) is 23.7 Å². The standard InChI is InChI=1S/C19H30N2O2/c1-18-9-10-20-17(23)11-12(18)3-4-13-14(18)7-8-19(2)15(13)5-6-16(22)21-19/h12-15H,3-11H2,1-2H3,(H,20,23)(H,21,22)/t12-,13+,14-,15-,18-,19-/m0/s1. The van der Waals surface area contributed by atoms with E-state index in [0.717, 1.165) is 44.1 Å². The summed E-state index contributed by atoms with van der Waals surface area (Å²) in [6.45, 7) is 5.57. The van der Waals surface area contributed by atoms with Crippen molar-refractivity contribution in [2.45, 2.75) is 70.8 Å². The van der Waals surface area contributed by atoms with Crippen LogP contribution in [0.2, 0.25) is 0 Å². The molecule has 2 heterocycles. The lowest BCUT2D eigenvalue weighted by Crippen LogP contribution is -2.63. The van der Waals surface area contributed by atoms with Crippen LogP contribution in [0, 0.1) is 29.1 Å². The van der Waals surface area contributed by atoms with Crippen LogP contribution >= 0.6 is 0 Å². The predicted molar refractivity (Wildman–Crippen MR) is 88.6 cm³/mol. The summed E-state index contributed by atoms with van der Waals surface area (Å²) in [6, 6.07) is 0. The highest BCUT2D eigenvalue weighted by molar-refractivity contribution is 5.78. The Balaban J connectivity index is 1.63. The molecule has 128 valence electrons. The van der Waals surface area contributed by atoms with Crippen molar-refractivity contribution in [2.24, 2.45) is 29.1 Å². The van der Waals surface area contributed by atoms with Crippen molar-refractivity contribution >= 4 is 11.8 Å². The van der Waals surface area contributed by atoms with Gasteiger partial charge in [-0.2, -0.15) is 0 Å². The molecule has 2 aliphatic carbocycles. The van der Waals surface area contributed by atoms with Crippen LogP contribution in [0.1, 0.15) is 65.2 Å². The highest BCUT2D eigenvalue weighted by Crippen LogP contribution is 2.60. The van der Waals surface area contributed by atoms with E-state index in [1.165, 1.54) is 19.3 Å². The molecule has 4 fully saturated rings. The summed E-state index contributed by atoms with van der Waals surface area (Å²) in [4.78, 5) is 23.9. The molecule has 0 spiro atoms. The van der Waals surface area contributed by atoms with Crippen LogP contribution in [-0.4, -0.2) is 23.9 Å². The lowest BCUT2D eigenvalue weighted by atomic mass is 9.47. The van der Waals surface area contributed by atoms with Gasteiger partial charge in [-0.1, -0.05) is 6.92 Å². The summed E-state index contributed by atoms with van der Waals surface area (Å²) in [5.74, 6) is 3.12. The molecule has 0 radical (unpaired) electrons. The maximum absolute atomic E-state index is 12.0. The molecule has 2 aliphatic heterocycles. The summed E-state index contributed by atoms with van der Waals surface area (Å²) in [5.41, 5.74) is 0.309. The summed E-state index contributed by atoms with van der Waals surface area (Å²) < 4.78 is 0. The Bertz CT molecular complexity index is 533. The van der Waals surface area contributed by atoms with Gasteiger partial charge in [0.05, 0.1) is 0 Å². The van der Waals surface area contributed by atoms with E-state index in [4.69, 9.17) is 0 Å². The van der Waals surface area contributed by atoms with Gasteiger partial charge in [0.25, 0.3) is 0 Å². The molecule has 6 atom stereocenters. The third-order valence-corrected chi connectivity index (χ3v) is 7.98. The molecule has 2 saturated carbocycles. The lowest BCUT2D eigenvalue weighted by Gasteiger charge is -2.60. The summed E-state index contributed by atoms with van der Waals surface area (Å²) in [7, 11) is 0. The fourth-order valence-electron chi connectivity index (χ4n) is 6.70. The summed E-state index contributed by atoms with van der Waals surface area (Å²) in [6.07, 6.45) is 8.34. The second-order valence-corrected chi connectivity index (χ2v) is 9.00. The Morgan fingerprint density at radius 3 is 2.61 bits per heavy atom. The number of carbonyl (C=O) groups excluding carboxylic acids is 2. The van der Waals surface area contributed by atoms with Gasteiger partial charge in [0, 0.05) is 24.9 Å². The van der Waals surface area contributed by atoms with Crippen molar-refractivity contribution in [1.29, 1.82) is 0 Å². The Morgan fingerprint density at radius 2 is 1.78 bits per heavy atom. The van der Waals surface area contributed by atoms with Gasteiger partial charge >= 0.3 is 0 Å². The smallest absolute Gasteiger partial charge is 0.220 e. The maximum atomic E-state index is 12.0. The van der Waals surface area contributed by atoms with E-state index in [2.05, 4.69) is 24.5 Å². The molecule has 23 heavy (non-hydrogen) atoms. The first-order chi connectivity index (χ1) is 10.9. The number of amides is 2. The van der Waals surface area contributed by atoms with Crippen molar-refractivity contribution in [1.82, 2.24) is 10.6 Å². The van der Waals surface area contributed by atoms with Crippen LogP contribution in [0.15, 0.2) is 0 Å². The minimum absolute atomic E-state index is 0.0124. The molecule has 0 aromatic rings. The minimum atomic E-state index is 0.0124. The molecular formula is C19H30N2O2. The first kappa shape index (κ1) is 15.5. The Labute approximate surface area is 139 Å². The summed E-state index contributed by atoms with van der Waals surface area (Å²) in [5, 5.41) is 6.42. The molecule has 2 N–H and O–H groups in total. The van der Waals surface area contributed by atoms with E-state index >= 15 is 0 Å². The van der Waals surface area contributed by atoms with Crippen LogP contribution in [0.4, 0.5) is 0 Å². The normalized spacial score (nSPS) is 49.8. The Morgan fingerprint density at radius 1 is 0.957 bits per heavy atom. The zero-order valence-corrected chi connectivity index (χ0v) is 14.5. The molecule has 4 nitrogen and oxygen atoms in total. The van der Waals surface area contributed by atoms with Crippen molar-refractivity contribution in [3.63, 3.8) is 0 Å². The zero-order chi connectivity index (χ0) is 16.2. The van der Waals surface area contributed by atoms with Gasteiger partial charge < -0.3 is 10.6 Å². The first-order valence-electron chi connectivity index (χ1n) is 9.50. The SMILES string of the molecule is C[C@]12CCNC(=O)C[C@@H]1CC[C@@H]1[C@@H]2CC[C@]2(C)NC(=O)CC[C@@H]12. The van der Waals surface area contributed by atoms with Crippen molar-refractivity contribution in [3.05, 3.63) is 0 Å². The van der Waals surface area contributed by atoms with Gasteiger partial charge in [0.15, 0.2) is 0 Å². The third kappa shape index (κ3) is 2.32. The minimum Gasteiger partial charge on any atom is -0.356 e. The molecule has 2 amide bonds. The Hall–Kier alpha value is -1.06. The molecule has 0 bridgehead atoms. The molecule has 2 saturated heterocycles. The molecule has 4 aliphatic rings. The highest BCUT2D eigenvalue weighted by atomic mass is 16.2. The van der Waals surface area contributed by atoms with Crippen LogP contribution in [-0.2, 0) is 9.59 Å². The second kappa shape index (κ2) is 5.22. The van der Waals surface area contributed by atoms with Crippen molar-refractivity contribution < 1.29 is 9.59 Å². The molecular weight excluding hydrogens is 288 g/mol. The predicted octanol–water partition coefficient (Wildman–Crippen LogP) is 2.62. The molecule has 0 aromatic heterocycles. The van der Waals surface area contributed by atoms with Gasteiger partial charge in [0.1, 0.15) is 0 Å². The Kier molecular flexibility index (Phi) is 3.51. The lowest BCUT2D eigenvalue weighted by molar-refractivity contribution is -0.137. The van der Waals surface area contributed by atoms with E-state index in [9.17, 15) is 9.59 Å². The van der Waals surface area contributed by atoms with Crippen LogP contribution in [0.3, 0.4) is 0 Å². The average molecular weight is 318 g/mol. The quantitative estimate of drug-likeness (QED) is 0.721. The number of carbonyl (C=O) groups is 2. The molecule has 4 rings (SSSR count). The number of hydrogen-bond acceptors (Lipinski definition) is 2. The van der Waals surface area contributed by atoms with E-state index in [1.807, 2.05) is 0 Å². The fraction of sp³-hybridized carbons (Fsp3) is 0.895. The average Bonchev–Trinajstić information content (AvgIpc) is 2.63. The second-order valence-electron chi connectivity index (χ2n) is 9.00. The van der Waals surface area contributed by atoms with Crippen LogP contribution < -0.4 is 10.6 Å². The monoisotopic (exact) mass is 318 g/mol. The van der Waals surface area contributed by atoms with Crippen LogP contribution in [0.25, 0.3) is 0 Å².